The van der Waals surface area contributed by atoms with Gasteiger partial charge in [0.15, 0.2) is 0 Å². The summed E-state index contributed by atoms with van der Waals surface area (Å²) in [6, 6.07) is 0. The Kier molecular flexibility index (Phi) is 3.13. The quantitative estimate of drug-likeness (QED) is 0.629. The molecule has 0 aromatic rings. The van der Waals surface area contributed by atoms with Crippen LogP contribution in [0.15, 0.2) is 0 Å². The standard InChI is InChI=1S/C10H22N2/c1-10(5-7-11(2)3)6-8-12(4)9-10/h5-9H2,1-4H3. The van der Waals surface area contributed by atoms with E-state index in [1.54, 1.807) is 0 Å². The lowest BCUT2D eigenvalue weighted by atomic mass is 9.86. The van der Waals surface area contributed by atoms with Gasteiger partial charge in [-0.15, -0.1) is 0 Å². The zero-order valence-corrected chi connectivity index (χ0v) is 8.93. The van der Waals surface area contributed by atoms with Gasteiger partial charge < -0.3 is 9.80 Å². The Balaban J connectivity index is 2.30. The lowest BCUT2D eigenvalue weighted by molar-refractivity contribution is 0.250. The lowest BCUT2D eigenvalue weighted by Crippen LogP contribution is -2.26. The Bertz CT molecular complexity index is 145. The number of likely N-dealkylation sites (tertiary alicyclic amines) is 1. The number of hydrogen-bond acceptors (Lipinski definition) is 2. The van der Waals surface area contributed by atoms with Gasteiger partial charge in [0.05, 0.1) is 0 Å². The fourth-order valence-corrected chi connectivity index (χ4v) is 1.97. The molecule has 1 heterocycles. The first kappa shape index (κ1) is 10.0. The molecule has 0 aromatic carbocycles. The van der Waals surface area contributed by atoms with Crippen LogP contribution in [0.5, 0.6) is 0 Å². The maximum atomic E-state index is 2.44. The van der Waals surface area contributed by atoms with Crippen molar-refractivity contribution in [1.29, 1.82) is 0 Å². The van der Waals surface area contributed by atoms with E-state index in [2.05, 4.69) is 37.9 Å². The van der Waals surface area contributed by atoms with Crippen molar-refractivity contribution in [3.63, 3.8) is 0 Å². The van der Waals surface area contributed by atoms with Gasteiger partial charge >= 0.3 is 0 Å². The number of rotatable bonds is 3. The Morgan fingerprint density at radius 2 is 2.08 bits per heavy atom. The smallest absolute Gasteiger partial charge is 0.00332 e. The first-order chi connectivity index (χ1) is 5.52. The van der Waals surface area contributed by atoms with Crippen molar-refractivity contribution in [3.8, 4) is 0 Å². The molecule has 0 aliphatic carbocycles. The highest BCUT2D eigenvalue weighted by atomic mass is 15.1. The second-order valence-electron chi connectivity index (χ2n) is 4.85. The highest BCUT2D eigenvalue weighted by Gasteiger charge is 2.31. The second-order valence-corrected chi connectivity index (χ2v) is 4.85. The minimum Gasteiger partial charge on any atom is -0.309 e. The summed E-state index contributed by atoms with van der Waals surface area (Å²) in [7, 11) is 6.53. The molecule has 0 saturated carbocycles. The first-order valence-corrected chi connectivity index (χ1v) is 4.85. The molecule has 0 aromatic heterocycles. The van der Waals surface area contributed by atoms with Gasteiger partial charge in [0.25, 0.3) is 0 Å². The molecule has 1 rings (SSSR count). The predicted octanol–water partition coefficient (Wildman–Crippen LogP) is 1.28. The van der Waals surface area contributed by atoms with Gasteiger partial charge in [0.2, 0.25) is 0 Å². The Labute approximate surface area is 76.5 Å². The molecule has 72 valence electrons. The van der Waals surface area contributed by atoms with Crippen molar-refractivity contribution in [1.82, 2.24) is 9.80 Å². The van der Waals surface area contributed by atoms with E-state index in [4.69, 9.17) is 0 Å². The van der Waals surface area contributed by atoms with E-state index in [-0.39, 0.29) is 0 Å². The van der Waals surface area contributed by atoms with Crippen molar-refractivity contribution >= 4 is 0 Å². The molecule has 2 nitrogen and oxygen atoms in total. The fraction of sp³-hybridized carbons (Fsp3) is 1.00. The van der Waals surface area contributed by atoms with Crippen LogP contribution in [0, 0.1) is 5.41 Å². The maximum absolute atomic E-state index is 2.44. The fourth-order valence-electron chi connectivity index (χ4n) is 1.97. The van der Waals surface area contributed by atoms with Crippen LogP contribution in [0.2, 0.25) is 0 Å². The van der Waals surface area contributed by atoms with Crippen LogP contribution in [0.25, 0.3) is 0 Å². The van der Waals surface area contributed by atoms with Gasteiger partial charge in [0, 0.05) is 6.54 Å². The Hall–Kier alpha value is -0.0800. The van der Waals surface area contributed by atoms with Crippen molar-refractivity contribution in [2.24, 2.45) is 5.41 Å². The summed E-state index contributed by atoms with van der Waals surface area (Å²) in [5.41, 5.74) is 0.582. The summed E-state index contributed by atoms with van der Waals surface area (Å²) < 4.78 is 0. The molecule has 2 heteroatoms. The van der Waals surface area contributed by atoms with Crippen LogP contribution in [0.3, 0.4) is 0 Å². The van der Waals surface area contributed by atoms with Crippen LogP contribution in [0.4, 0.5) is 0 Å². The van der Waals surface area contributed by atoms with Gasteiger partial charge in [-0.3, -0.25) is 0 Å². The molecule has 0 spiro atoms. The van der Waals surface area contributed by atoms with E-state index in [0.717, 1.165) is 0 Å². The summed E-state index contributed by atoms with van der Waals surface area (Å²) in [6.07, 6.45) is 2.71. The van der Waals surface area contributed by atoms with Crippen LogP contribution in [0.1, 0.15) is 19.8 Å². The third kappa shape index (κ3) is 2.76. The molecule has 0 amide bonds. The zero-order valence-electron chi connectivity index (χ0n) is 8.93. The molecule has 12 heavy (non-hydrogen) atoms. The predicted molar refractivity (Wildman–Crippen MR) is 53.4 cm³/mol. The average molecular weight is 170 g/mol. The van der Waals surface area contributed by atoms with Crippen LogP contribution >= 0.6 is 0 Å². The van der Waals surface area contributed by atoms with Gasteiger partial charge in [-0.2, -0.15) is 0 Å². The Morgan fingerprint density at radius 1 is 1.42 bits per heavy atom. The number of nitrogens with zero attached hydrogens (tertiary/aromatic N) is 2. The molecular weight excluding hydrogens is 148 g/mol. The molecule has 1 aliphatic rings. The molecule has 1 aliphatic heterocycles. The van der Waals surface area contributed by atoms with Crippen LogP contribution in [-0.2, 0) is 0 Å². The maximum Gasteiger partial charge on any atom is 0.00332 e. The summed E-state index contributed by atoms with van der Waals surface area (Å²) in [4.78, 5) is 4.72. The minimum atomic E-state index is 0.582. The highest BCUT2D eigenvalue weighted by Crippen LogP contribution is 2.32. The molecule has 1 saturated heterocycles. The van der Waals surface area contributed by atoms with Crippen molar-refractivity contribution in [3.05, 3.63) is 0 Å². The van der Waals surface area contributed by atoms with E-state index < -0.39 is 0 Å². The van der Waals surface area contributed by atoms with Crippen molar-refractivity contribution < 1.29 is 0 Å². The summed E-state index contributed by atoms with van der Waals surface area (Å²) in [6.45, 7) is 6.20. The third-order valence-corrected chi connectivity index (χ3v) is 2.91. The van der Waals surface area contributed by atoms with Crippen molar-refractivity contribution in [2.75, 3.05) is 40.8 Å². The van der Waals surface area contributed by atoms with E-state index in [9.17, 15) is 0 Å². The largest absolute Gasteiger partial charge is 0.309 e. The normalized spacial score (nSPS) is 31.8. The first-order valence-electron chi connectivity index (χ1n) is 4.85. The second kappa shape index (κ2) is 3.75. The number of hydrogen-bond donors (Lipinski definition) is 0. The molecule has 0 N–H and O–H groups in total. The van der Waals surface area contributed by atoms with Crippen molar-refractivity contribution in [2.45, 2.75) is 19.8 Å². The van der Waals surface area contributed by atoms with Gasteiger partial charge in [0.1, 0.15) is 0 Å². The van der Waals surface area contributed by atoms with E-state index in [1.165, 1.54) is 32.5 Å². The SMILES string of the molecule is CN(C)CCC1(C)CCN(C)C1. The van der Waals surface area contributed by atoms with E-state index >= 15 is 0 Å². The van der Waals surface area contributed by atoms with Crippen LogP contribution < -0.4 is 0 Å². The van der Waals surface area contributed by atoms with Crippen LogP contribution in [-0.4, -0.2) is 50.6 Å². The molecular formula is C10H22N2. The molecule has 1 atom stereocenters. The lowest BCUT2D eigenvalue weighted by Gasteiger charge is -2.25. The molecule has 1 unspecified atom stereocenters. The Morgan fingerprint density at radius 3 is 2.50 bits per heavy atom. The summed E-state index contributed by atoms with van der Waals surface area (Å²) in [5.74, 6) is 0. The topological polar surface area (TPSA) is 6.48 Å². The third-order valence-electron chi connectivity index (χ3n) is 2.91. The minimum absolute atomic E-state index is 0.582. The zero-order chi connectivity index (χ0) is 9.19. The van der Waals surface area contributed by atoms with Gasteiger partial charge in [-0.1, -0.05) is 6.92 Å². The summed E-state index contributed by atoms with van der Waals surface area (Å²) in [5, 5.41) is 0. The molecule has 0 radical (unpaired) electrons. The van der Waals surface area contributed by atoms with Gasteiger partial charge in [-0.05, 0) is 52.5 Å². The molecule has 1 fully saturated rings. The van der Waals surface area contributed by atoms with E-state index in [1.807, 2.05) is 0 Å². The monoisotopic (exact) mass is 170 g/mol. The molecule has 0 bridgehead atoms. The van der Waals surface area contributed by atoms with Gasteiger partial charge in [-0.25, -0.2) is 0 Å². The van der Waals surface area contributed by atoms with E-state index in [0.29, 0.717) is 5.41 Å². The summed E-state index contributed by atoms with van der Waals surface area (Å²) >= 11 is 0. The highest BCUT2D eigenvalue weighted by molar-refractivity contribution is 4.85. The average Bonchev–Trinajstić information content (AvgIpc) is 2.29.